The van der Waals surface area contributed by atoms with Crippen molar-refractivity contribution in [3.63, 3.8) is 0 Å². The Balaban J connectivity index is 1.75. The monoisotopic (exact) mass is 277 g/mol. The van der Waals surface area contributed by atoms with Gasteiger partial charge in [-0.05, 0) is 47.4 Å². The van der Waals surface area contributed by atoms with Crippen molar-refractivity contribution in [2.45, 2.75) is 32.2 Å². The lowest BCUT2D eigenvalue weighted by Crippen LogP contribution is -2.03. The molecule has 2 aromatic rings. The third-order valence-corrected chi connectivity index (χ3v) is 3.80. The van der Waals surface area contributed by atoms with Gasteiger partial charge in [-0.25, -0.2) is 4.68 Å². The summed E-state index contributed by atoms with van der Waals surface area (Å²) in [4.78, 5) is 0. The van der Waals surface area contributed by atoms with Gasteiger partial charge in [0.2, 0.25) is 0 Å². The topological polar surface area (TPSA) is 69.6 Å². The first-order valence-electron chi connectivity index (χ1n) is 6.55. The highest BCUT2D eigenvalue weighted by Gasteiger charge is 2.20. The second-order valence-corrected chi connectivity index (χ2v) is 5.45. The normalized spacial score (nSPS) is 14.8. The van der Waals surface area contributed by atoms with Crippen LogP contribution in [0.3, 0.4) is 0 Å². The van der Waals surface area contributed by atoms with E-state index in [2.05, 4.69) is 15.5 Å². The third-order valence-electron chi connectivity index (χ3n) is 3.47. The van der Waals surface area contributed by atoms with E-state index in [1.165, 1.54) is 19.3 Å². The van der Waals surface area contributed by atoms with Crippen LogP contribution in [0.15, 0.2) is 18.2 Å². The van der Waals surface area contributed by atoms with Gasteiger partial charge in [-0.3, -0.25) is 0 Å². The maximum absolute atomic E-state index is 6.03. The Morgan fingerprint density at radius 2 is 2.21 bits per heavy atom. The molecule has 1 heterocycles. The van der Waals surface area contributed by atoms with Crippen LogP contribution in [0.4, 0.5) is 5.69 Å². The Morgan fingerprint density at radius 3 is 2.95 bits per heavy atom. The molecule has 0 unspecified atom stereocenters. The molecule has 5 nitrogen and oxygen atoms in total. The van der Waals surface area contributed by atoms with Crippen molar-refractivity contribution in [2.75, 3.05) is 5.73 Å². The van der Waals surface area contributed by atoms with Gasteiger partial charge in [-0.15, -0.1) is 5.10 Å². The lowest BCUT2D eigenvalue weighted by Gasteiger charge is -2.05. The third kappa shape index (κ3) is 2.87. The maximum Gasteiger partial charge on any atom is 0.182 e. The fourth-order valence-electron chi connectivity index (χ4n) is 2.16. The molecule has 0 spiro atoms. The van der Waals surface area contributed by atoms with Crippen LogP contribution in [0.2, 0.25) is 5.02 Å². The number of benzene rings is 1. The average Bonchev–Trinajstić information content (AvgIpc) is 3.10. The van der Waals surface area contributed by atoms with Gasteiger partial charge in [0.05, 0.1) is 10.7 Å². The van der Waals surface area contributed by atoms with E-state index in [-0.39, 0.29) is 0 Å². The van der Waals surface area contributed by atoms with E-state index >= 15 is 0 Å². The molecule has 0 bridgehead atoms. The number of tetrazole rings is 1. The van der Waals surface area contributed by atoms with Crippen molar-refractivity contribution < 1.29 is 0 Å². The molecular formula is C13H16ClN5. The van der Waals surface area contributed by atoms with Crippen LogP contribution in [0.5, 0.6) is 0 Å². The molecule has 1 saturated carbocycles. The molecular weight excluding hydrogens is 262 g/mol. The van der Waals surface area contributed by atoms with Crippen LogP contribution in [0.25, 0.3) is 11.4 Å². The number of hydrogen-bond donors (Lipinski definition) is 1. The number of aryl methyl sites for hydroxylation is 1. The van der Waals surface area contributed by atoms with Crippen molar-refractivity contribution in [2.24, 2.45) is 5.92 Å². The Hall–Kier alpha value is -1.62. The summed E-state index contributed by atoms with van der Waals surface area (Å²) in [5.74, 6) is 1.68. The van der Waals surface area contributed by atoms with E-state index in [4.69, 9.17) is 17.3 Å². The zero-order chi connectivity index (χ0) is 13.2. The summed E-state index contributed by atoms with van der Waals surface area (Å²) in [5.41, 5.74) is 7.18. The maximum atomic E-state index is 6.03. The number of hydrogen-bond acceptors (Lipinski definition) is 4. The minimum Gasteiger partial charge on any atom is -0.398 e. The van der Waals surface area contributed by atoms with Gasteiger partial charge in [0.15, 0.2) is 5.82 Å². The molecule has 100 valence electrons. The molecule has 3 rings (SSSR count). The average molecular weight is 278 g/mol. The second kappa shape index (κ2) is 5.17. The molecule has 0 atom stereocenters. The van der Waals surface area contributed by atoms with Gasteiger partial charge in [0.1, 0.15) is 0 Å². The van der Waals surface area contributed by atoms with Crippen molar-refractivity contribution in [1.82, 2.24) is 20.2 Å². The summed E-state index contributed by atoms with van der Waals surface area (Å²) >= 11 is 6.03. The smallest absolute Gasteiger partial charge is 0.182 e. The number of nitrogen functional groups attached to an aromatic ring is 1. The zero-order valence-electron chi connectivity index (χ0n) is 10.6. The Labute approximate surface area is 116 Å². The van der Waals surface area contributed by atoms with Gasteiger partial charge in [-0.1, -0.05) is 24.4 Å². The van der Waals surface area contributed by atoms with Gasteiger partial charge in [0, 0.05) is 12.1 Å². The van der Waals surface area contributed by atoms with Gasteiger partial charge >= 0.3 is 0 Å². The number of anilines is 1. The van der Waals surface area contributed by atoms with Crippen LogP contribution < -0.4 is 5.73 Å². The molecule has 0 saturated heterocycles. The first-order valence-corrected chi connectivity index (χ1v) is 6.93. The van der Waals surface area contributed by atoms with Crippen LogP contribution in [0.1, 0.15) is 25.7 Å². The standard InChI is InChI=1S/C13H16ClN5/c14-11-8-10(5-6-12(11)15)13-16-17-18-19(13)7-1-2-9-3-4-9/h5-6,8-9H,1-4,7,15H2. The lowest BCUT2D eigenvalue weighted by molar-refractivity contribution is 0.526. The van der Waals surface area contributed by atoms with Crippen LogP contribution >= 0.6 is 11.6 Å². The lowest BCUT2D eigenvalue weighted by atomic mass is 10.2. The summed E-state index contributed by atoms with van der Waals surface area (Å²) in [6, 6.07) is 5.48. The number of nitrogens with two attached hydrogens (primary N) is 1. The fraction of sp³-hybridized carbons (Fsp3) is 0.462. The van der Waals surface area contributed by atoms with Crippen molar-refractivity contribution in [3.05, 3.63) is 23.2 Å². The minimum absolute atomic E-state index is 0.532. The van der Waals surface area contributed by atoms with E-state index in [1.54, 1.807) is 12.1 Å². The molecule has 0 radical (unpaired) electrons. The van der Waals surface area contributed by atoms with E-state index < -0.39 is 0 Å². The fourth-order valence-corrected chi connectivity index (χ4v) is 2.35. The van der Waals surface area contributed by atoms with E-state index in [1.807, 2.05) is 10.7 Å². The Kier molecular flexibility index (Phi) is 3.38. The van der Waals surface area contributed by atoms with E-state index in [9.17, 15) is 0 Å². The summed E-state index contributed by atoms with van der Waals surface area (Å²) in [6.07, 6.45) is 5.15. The van der Waals surface area contributed by atoms with Gasteiger partial charge in [-0.2, -0.15) is 0 Å². The summed E-state index contributed by atoms with van der Waals surface area (Å²) < 4.78 is 1.84. The predicted octanol–water partition coefficient (Wildman–Crippen LogP) is 2.77. The van der Waals surface area contributed by atoms with Gasteiger partial charge < -0.3 is 5.73 Å². The second-order valence-electron chi connectivity index (χ2n) is 5.05. The number of aromatic nitrogens is 4. The largest absolute Gasteiger partial charge is 0.398 e. The number of halogens is 1. The number of rotatable bonds is 5. The molecule has 2 N–H and O–H groups in total. The highest BCUT2D eigenvalue weighted by molar-refractivity contribution is 6.33. The van der Waals surface area contributed by atoms with Gasteiger partial charge in [0.25, 0.3) is 0 Å². The SMILES string of the molecule is Nc1ccc(-c2nnnn2CCCC2CC2)cc1Cl. The summed E-state index contributed by atoms with van der Waals surface area (Å²) in [7, 11) is 0. The highest BCUT2D eigenvalue weighted by Crippen LogP contribution is 2.33. The number of nitrogens with zero attached hydrogens (tertiary/aromatic N) is 4. The minimum atomic E-state index is 0.532. The van der Waals surface area contributed by atoms with E-state index in [0.29, 0.717) is 10.7 Å². The molecule has 1 aromatic heterocycles. The summed E-state index contributed by atoms with van der Waals surface area (Å²) in [5, 5.41) is 12.4. The first kappa shape index (κ1) is 12.4. The Bertz CT molecular complexity index is 576. The molecule has 0 aliphatic heterocycles. The summed E-state index contributed by atoms with van der Waals surface area (Å²) in [6.45, 7) is 0.848. The molecule has 6 heteroatoms. The zero-order valence-corrected chi connectivity index (χ0v) is 11.3. The molecule has 0 amide bonds. The molecule has 1 aromatic carbocycles. The molecule has 1 aliphatic carbocycles. The van der Waals surface area contributed by atoms with Crippen molar-refractivity contribution >= 4 is 17.3 Å². The quantitative estimate of drug-likeness (QED) is 0.853. The predicted molar refractivity (Wildman–Crippen MR) is 74.6 cm³/mol. The molecule has 1 aliphatic rings. The van der Waals surface area contributed by atoms with Crippen LogP contribution in [-0.2, 0) is 6.54 Å². The van der Waals surface area contributed by atoms with Crippen molar-refractivity contribution in [3.8, 4) is 11.4 Å². The van der Waals surface area contributed by atoms with Crippen LogP contribution in [0, 0.1) is 5.92 Å². The first-order chi connectivity index (χ1) is 9.24. The molecule has 1 fully saturated rings. The molecule has 19 heavy (non-hydrogen) atoms. The van der Waals surface area contributed by atoms with E-state index in [0.717, 1.165) is 30.3 Å². The highest BCUT2D eigenvalue weighted by atomic mass is 35.5. The van der Waals surface area contributed by atoms with Crippen molar-refractivity contribution in [1.29, 1.82) is 0 Å². The van der Waals surface area contributed by atoms with Crippen LogP contribution in [-0.4, -0.2) is 20.2 Å². The Morgan fingerprint density at radius 1 is 1.37 bits per heavy atom.